The molecule has 39 heavy (non-hydrogen) atoms. The summed E-state index contributed by atoms with van der Waals surface area (Å²) >= 11 is 0. The summed E-state index contributed by atoms with van der Waals surface area (Å²) in [5.41, 5.74) is 3.42. The number of nitrogens with one attached hydrogen (secondary N) is 1. The van der Waals surface area contributed by atoms with E-state index in [4.69, 9.17) is 4.99 Å². The molecular weight excluding hydrogens is 492 g/mol. The summed E-state index contributed by atoms with van der Waals surface area (Å²) in [7, 11) is 0. The molecule has 202 valence electrons. The Morgan fingerprint density at radius 1 is 1.03 bits per heavy atom. The molecule has 3 aliphatic heterocycles. The van der Waals surface area contributed by atoms with E-state index in [-0.39, 0.29) is 30.3 Å². The molecule has 1 aliphatic carbocycles. The van der Waals surface area contributed by atoms with Gasteiger partial charge in [0.1, 0.15) is 11.4 Å². The average molecular weight is 527 g/mol. The Kier molecular flexibility index (Phi) is 6.01. The van der Waals surface area contributed by atoms with Crippen LogP contribution in [0.3, 0.4) is 0 Å². The number of amidine groups is 1. The van der Waals surface area contributed by atoms with Crippen LogP contribution in [0.1, 0.15) is 31.2 Å². The van der Waals surface area contributed by atoms with Gasteiger partial charge in [-0.1, -0.05) is 30.3 Å². The maximum absolute atomic E-state index is 14.0. The van der Waals surface area contributed by atoms with Gasteiger partial charge in [-0.3, -0.25) is 24.6 Å². The molecule has 2 N–H and O–H groups in total. The second kappa shape index (κ2) is 9.57. The monoisotopic (exact) mass is 526 g/mol. The Hall–Kier alpha value is -3.56. The summed E-state index contributed by atoms with van der Waals surface area (Å²) in [5, 5.41) is 17.5. The summed E-state index contributed by atoms with van der Waals surface area (Å²) in [6.45, 7) is 4.28. The van der Waals surface area contributed by atoms with Crippen molar-refractivity contribution < 1.29 is 14.7 Å². The van der Waals surface area contributed by atoms with Gasteiger partial charge in [0.25, 0.3) is 5.91 Å². The molecule has 2 aromatic carbocycles. The van der Waals surface area contributed by atoms with E-state index in [2.05, 4.69) is 51.5 Å². The molecule has 9 nitrogen and oxygen atoms in total. The molecule has 3 aromatic rings. The number of fused-ring (bicyclic) bond motifs is 1. The smallest absolute Gasteiger partial charge is 0.256 e. The molecule has 9 heteroatoms. The molecule has 2 amide bonds. The number of aromatic amines is 1. The zero-order valence-corrected chi connectivity index (χ0v) is 22.1. The molecule has 1 aromatic heterocycles. The minimum absolute atomic E-state index is 0.0857. The van der Waals surface area contributed by atoms with E-state index in [1.54, 1.807) is 0 Å². The highest BCUT2D eigenvalue weighted by Crippen LogP contribution is 2.38. The van der Waals surface area contributed by atoms with Gasteiger partial charge in [0.2, 0.25) is 5.91 Å². The van der Waals surface area contributed by atoms with Gasteiger partial charge in [0, 0.05) is 62.1 Å². The standard InChI is InChI=1S/C30H34N6O3/c37-14-13-34-11-9-30(10-12-34)29(39)36(19-20-17-35(18-20)28(38)23-5-6-23)27(32-30)22-3-1-21(2-4-22)24-7-8-26-25(15-24)16-31-33-26/h1-4,7-8,15-16,20,23,37H,5-6,9-14,17-19H2,(H,31,33). The van der Waals surface area contributed by atoms with Gasteiger partial charge in [-0.15, -0.1) is 0 Å². The van der Waals surface area contributed by atoms with Gasteiger partial charge >= 0.3 is 0 Å². The van der Waals surface area contributed by atoms with Gasteiger partial charge in [0.15, 0.2) is 0 Å². The zero-order chi connectivity index (χ0) is 26.6. The first kappa shape index (κ1) is 24.5. The van der Waals surface area contributed by atoms with E-state index >= 15 is 0 Å². The molecule has 2 saturated heterocycles. The van der Waals surface area contributed by atoms with Gasteiger partial charge in [-0.05, 0) is 48.9 Å². The molecule has 7 rings (SSSR count). The maximum atomic E-state index is 14.0. The Morgan fingerprint density at radius 2 is 1.74 bits per heavy atom. The van der Waals surface area contributed by atoms with Crippen LogP contribution in [-0.4, -0.2) is 99.1 Å². The molecule has 3 fully saturated rings. The summed E-state index contributed by atoms with van der Waals surface area (Å²) in [6.07, 6.45) is 5.18. The number of carbonyl (C=O) groups excluding carboxylic acids is 2. The molecule has 4 aliphatic rings. The summed E-state index contributed by atoms with van der Waals surface area (Å²) in [6, 6.07) is 14.6. The number of benzene rings is 2. The van der Waals surface area contributed by atoms with E-state index in [1.165, 1.54) is 0 Å². The van der Waals surface area contributed by atoms with Gasteiger partial charge < -0.3 is 14.9 Å². The van der Waals surface area contributed by atoms with Crippen LogP contribution in [-0.2, 0) is 9.59 Å². The van der Waals surface area contributed by atoms with Crippen molar-refractivity contribution in [3.8, 4) is 11.1 Å². The van der Waals surface area contributed by atoms with E-state index < -0.39 is 5.54 Å². The second-order valence-corrected chi connectivity index (χ2v) is 11.6. The van der Waals surface area contributed by atoms with Crippen molar-refractivity contribution in [3.05, 3.63) is 54.2 Å². The first-order valence-corrected chi connectivity index (χ1v) is 14.1. The predicted octanol–water partition coefficient (Wildman–Crippen LogP) is 2.51. The quantitative estimate of drug-likeness (QED) is 0.492. The fraction of sp³-hybridized carbons (Fsp3) is 0.467. The highest BCUT2D eigenvalue weighted by atomic mass is 16.3. The van der Waals surface area contributed by atoms with Gasteiger partial charge in [-0.2, -0.15) is 5.10 Å². The van der Waals surface area contributed by atoms with Crippen LogP contribution in [0.2, 0.25) is 0 Å². The topological polar surface area (TPSA) is 105 Å². The lowest BCUT2D eigenvalue weighted by Crippen LogP contribution is -2.57. The second-order valence-electron chi connectivity index (χ2n) is 11.6. The van der Waals surface area contributed by atoms with Crippen LogP contribution >= 0.6 is 0 Å². The number of aliphatic imine (C=N–C) groups is 1. The molecular formula is C30H34N6O3. The average Bonchev–Trinajstić information content (AvgIpc) is 3.63. The lowest BCUT2D eigenvalue weighted by atomic mass is 9.87. The summed E-state index contributed by atoms with van der Waals surface area (Å²) in [5.74, 6) is 1.62. The number of aliphatic hydroxyl groups excluding tert-OH is 1. The van der Waals surface area contributed by atoms with Crippen LogP contribution in [0.15, 0.2) is 53.7 Å². The van der Waals surface area contributed by atoms with E-state index in [1.807, 2.05) is 22.1 Å². The molecule has 0 radical (unpaired) electrons. The third kappa shape index (κ3) is 4.43. The predicted molar refractivity (Wildman–Crippen MR) is 148 cm³/mol. The summed E-state index contributed by atoms with van der Waals surface area (Å²) in [4.78, 5) is 37.6. The highest BCUT2D eigenvalue weighted by Gasteiger charge is 2.51. The normalized spacial score (nSPS) is 21.6. The highest BCUT2D eigenvalue weighted by molar-refractivity contribution is 6.15. The fourth-order valence-corrected chi connectivity index (χ4v) is 6.31. The molecule has 1 spiro atoms. The number of likely N-dealkylation sites (tertiary alicyclic amines) is 2. The minimum atomic E-state index is -0.737. The minimum Gasteiger partial charge on any atom is -0.395 e. The zero-order valence-electron chi connectivity index (χ0n) is 22.1. The fourth-order valence-electron chi connectivity index (χ4n) is 6.31. The van der Waals surface area contributed by atoms with Gasteiger partial charge in [0.05, 0.1) is 18.3 Å². The van der Waals surface area contributed by atoms with Crippen molar-refractivity contribution in [2.75, 3.05) is 45.9 Å². The van der Waals surface area contributed by atoms with E-state index in [9.17, 15) is 14.7 Å². The van der Waals surface area contributed by atoms with Crippen molar-refractivity contribution in [3.63, 3.8) is 0 Å². The number of H-pyrrole nitrogens is 1. The lowest BCUT2D eigenvalue weighted by Gasteiger charge is -2.42. The number of aromatic nitrogens is 2. The number of carbonyl (C=O) groups is 2. The number of nitrogens with zero attached hydrogens (tertiary/aromatic N) is 5. The van der Waals surface area contributed by atoms with Crippen molar-refractivity contribution in [2.24, 2.45) is 16.8 Å². The largest absolute Gasteiger partial charge is 0.395 e. The third-order valence-corrected chi connectivity index (χ3v) is 8.87. The number of hydrogen-bond acceptors (Lipinski definition) is 6. The molecule has 1 saturated carbocycles. The summed E-state index contributed by atoms with van der Waals surface area (Å²) < 4.78 is 0. The molecule has 0 bridgehead atoms. The van der Waals surface area contributed by atoms with E-state index in [0.717, 1.165) is 72.4 Å². The van der Waals surface area contributed by atoms with Crippen LogP contribution in [0.5, 0.6) is 0 Å². The van der Waals surface area contributed by atoms with Crippen LogP contribution in [0.4, 0.5) is 0 Å². The number of rotatable bonds is 7. The number of β-amino-alcohol motifs (C(OH)–C–C–N with tert-alkyl or cyclic N) is 1. The molecule has 0 unspecified atom stereocenters. The molecule has 4 heterocycles. The number of hydrogen-bond donors (Lipinski definition) is 2. The van der Waals surface area contributed by atoms with Crippen molar-refractivity contribution >= 4 is 28.6 Å². The Labute approximate surface area is 227 Å². The number of amides is 2. The van der Waals surface area contributed by atoms with Crippen molar-refractivity contribution in [1.82, 2.24) is 24.9 Å². The van der Waals surface area contributed by atoms with Crippen LogP contribution < -0.4 is 0 Å². The number of piperidine rings is 1. The first-order valence-electron chi connectivity index (χ1n) is 14.1. The van der Waals surface area contributed by atoms with Crippen molar-refractivity contribution in [1.29, 1.82) is 0 Å². The van der Waals surface area contributed by atoms with E-state index in [0.29, 0.717) is 25.9 Å². The first-order chi connectivity index (χ1) is 19.0. The van der Waals surface area contributed by atoms with Gasteiger partial charge in [-0.25, -0.2) is 0 Å². The Bertz CT molecular complexity index is 1430. The SMILES string of the molecule is O=C(C1CC1)N1CC(CN2C(=O)C3(CCN(CCO)CC3)N=C2c2ccc(-c3ccc4[nH]ncc4c3)cc2)C1. The third-order valence-electron chi connectivity index (χ3n) is 8.87. The van der Waals surface area contributed by atoms with Crippen LogP contribution in [0.25, 0.3) is 22.0 Å². The Morgan fingerprint density at radius 3 is 2.46 bits per heavy atom. The lowest BCUT2D eigenvalue weighted by molar-refractivity contribution is -0.140. The Balaban J connectivity index is 1.14. The maximum Gasteiger partial charge on any atom is 0.256 e. The number of aliphatic hydroxyl groups is 1. The molecule has 0 atom stereocenters. The van der Waals surface area contributed by atoms with Crippen LogP contribution in [0, 0.1) is 11.8 Å². The van der Waals surface area contributed by atoms with Crippen molar-refractivity contribution in [2.45, 2.75) is 31.2 Å².